The molecule has 18 heavy (non-hydrogen) atoms. The zero-order chi connectivity index (χ0) is 13.5. The van der Waals surface area contributed by atoms with Gasteiger partial charge in [0.05, 0.1) is 11.1 Å². The van der Waals surface area contributed by atoms with Gasteiger partial charge in [-0.1, -0.05) is 0 Å². The van der Waals surface area contributed by atoms with Crippen molar-refractivity contribution in [3.8, 4) is 0 Å². The lowest BCUT2D eigenvalue weighted by molar-refractivity contribution is 0.0696. The minimum absolute atomic E-state index is 0.337. The number of carbonyl (C=O) groups is 1. The van der Waals surface area contributed by atoms with E-state index in [1.807, 2.05) is 23.8 Å². The molecule has 5 heteroatoms. The van der Waals surface area contributed by atoms with E-state index in [0.29, 0.717) is 5.56 Å². The molecule has 0 amide bonds. The van der Waals surface area contributed by atoms with Gasteiger partial charge < -0.3 is 9.67 Å². The Kier molecular flexibility index (Phi) is 3.02. The van der Waals surface area contributed by atoms with Crippen LogP contribution < -0.4 is 0 Å². The predicted molar refractivity (Wildman–Crippen MR) is 71.4 cm³/mol. The minimum Gasteiger partial charge on any atom is -0.478 e. The van der Waals surface area contributed by atoms with Crippen molar-refractivity contribution in [2.24, 2.45) is 0 Å². The van der Waals surface area contributed by atoms with E-state index >= 15 is 0 Å². The number of rotatable bonds is 3. The first-order valence-corrected chi connectivity index (χ1v) is 6.56. The first-order valence-electron chi connectivity index (χ1n) is 5.68. The molecule has 2 rings (SSSR count). The lowest BCUT2D eigenvalue weighted by atomic mass is 10.1. The third-order valence-corrected chi connectivity index (χ3v) is 4.26. The highest BCUT2D eigenvalue weighted by Gasteiger charge is 2.30. The highest BCUT2D eigenvalue weighted by Crippen LogP contribution is 2.32. The molecule has 0 aromatic carbocycles. The fourth-order valence-electron chi connectivity index (χ4n) is 2.46. The number of carboxylic acid groups (broad SMARTS) is 1. The van der Waals surface area contributed by atoms with Crippen molar-refractivity contribution in [2.75, 3.05) is 0 Å². The first-order chi connectivity index (χ1) is 8.35. The van der Waals surface area contributed by atoms with Crippen LogP contribution in [0.4, 0.5) is 0 Å². The van der Waals surface area contributed by atoms with E-state index in [0.717, 1.165) is 16.4 Å². The Morgan fingerprint density at radius 2 is 2.11 bits per heavy atom. The van der Waals surface area contributed by atoms with Crippen molar-refractivity contribution in [2.45, 2.75) is 33.2 Å². The van der Waals surface area contributed by atoms with Gasteiger partial charge in [0.15, 0.2) is 0 Å². The van der Waals surface area contributed by atoms with Crippen LogP contribution in [-0.2, 0) is 5.54 Å². The molecule has 0 aliphatic heterocycles. The average molecular weight is 264 g/mol. The van der Waals surface area contributed by atoms with E-state index in [2.05, 4.69) is 18.8 Å². The van der Waals surface area contributed by atoms with Crippen molar-refractivity contribution in [1.29, 1.82) is 0 Å². The van der Waals surface area contributed by atoms with Crippen molar-refractivity contribution in [3.63, 3.8) is 0 Å². The van der Waals surface area contributed by atoms with E-state index in [1.165, 1.54) is 0 Å². The van der Waals surface area contributed by atoms with Gasteiger partial charge in [-0.2, -0.15) is 0 Å². The number of thiazole rings is 1. The average Bonchev–Trinajstić information content (AvgIpc) is 2.86. The van der Waals surface area contributed by atoms with Gasteiger partial charge in [-0.15, -0.1) is 11.3 Å². The zero-order valence-electron chi connectivity index (χ0n) is 10.9. The van der Waals surface area contributed by atoms with Crippen molar-refractivity contribution in [3.05, 3.63) is 39.6 Å². The lowest BCUT2D eigenvalue weighted by Crippen LogP contribution is -2.29. The molecule has 2 heterocycles. The van der Waals surface area contributed by atoms with Gasteiger partial charge in [0.1, 0.15) is 5.01 Å². The number of carboxylic acids is 1. The molecule has 1 N–H and O–H groups in total. The summed E-state index contributed by atoms with van der Waals surface area (Å²) in [4.78, 5) is 15.5. The van der Waals surface area contributed by atoms with E-state index in [4.69, 9.17) is 0 Å². The van der Waals surface area contributed by atoms with E-state index in [9.17, 15) is 9.90 Å². The minimum atomic E-state index is -0.885. The molecule has 2 aromatic rings. The third-order valence-electron chi connectivity index (χ3n) is 3.18. The van der Waals surface area contributed by atoms with Crippen LogP contribution in [0.5, 0.6) is 0 Å². The van der Waals surface area contributed by atoms with Crippen LogP contribution in [0.2, 0.25) is 0 Å². The second-order valence-electron chi connectivity index (χ2n) is 4.82. The van der Waals surface area contributed by atoms with Crippen LogP contribution in [-0.4, -0.2) is 20.6 Å². The maximum atomic E-state index is 11.2. The van der Waals surface area contributed by atoms with Gasteiger partial charge in [-0.25, -0.2) is 9.78 Å². The third kappa shape index (κ3) is 1.84. The van der Waals surface area contributed by atoms with Gasteiger partial charge in [0.25, 0.3) is 0 Å². The van der Waals surface area contributed by atoms with E-state index in [1.54, 1.807) is 23.6 Å². The van der Waals surface area contributed by atoms with Crippen LogP contribution in [0.1, 0.15) is 40.6 Å². The number of nitrogens with zero attached hydrogens (tertiary/aromatic N) is 2. The summed E-state index contributed by atoms with van der Waals surface area (Å²) >= 11 is 1.58. The molecule has 0 bridgehead atoms. The Bertz CT molecular complexity index is 582. The summed E-state index contributed by atoms with van der Waals surface area (Å²) in [7, 11) is 0. The Morgan fingerprint density at radius 1 is 1.44 bits per heavy atom. The number of aromatic nitrogens is 2. The molecule has 0 aliphatic rings. The molecule has 96 valence electrons. The van der Waals surface area contributed by atoms with E-state index in [-0.39, 0.29) is 5.54 Å². The quantitative estimate of drug-likeness (QED) is 0.927. The fraction of sp³-hybridized carbons (Fsp3) is 0.385. The Balaban J connectivity index is 2.61. The SMILES string of the molecule is Cc1cc(C(=O)O)c(C)n1C(C)(C)c1nccs1. The number of hydrogen-bond donors (Lipinski definition) is 1. The van der Waals surface area contributed by atoms with Crippen molar-refractivity contribution >= 4 is 17.3 Å². The van der Waals surface area contributed by atoms with Gasteiger partial charge >= 0.3 is 5.97 Å². The summed E-state index contributed by atoms with van der Waals surface area (Å²) in [5.74, 6) is -0.885. The maximum Gasteiger partial charge on any atom is 0.337 e. The molecule has 0 saturated heterocycles. The number of aromatic carboxylic acids is 1. The Morgan fingerprint density at radius 3 is 2.56 bits per heavy atom. The molecular weight excluding hydrogens is 248 g/mol. The van der Waals surface area contributed by atoms with Gasteiger partial charge in [-0.3, -0.25) is 0 Å². The summed E-state index contributed by atoms with van der Waals surface area (Å²) < 4.78 is 2.04. The van der Waals surface area contributed by atoms with Crippen LogP contribution in [0.15, 0.2) is 17.6 Å². The number of aryl methyl sites for hydroxylation is 1. The lowest BCUT2D eigenvalue weighted by Gasteiger charge is -2.28. The molecule has 2 aromatic heterocycles. The summed E-state index contributed by atoms with van der Waals surface area (Å²) in [6.07, 6.45) is 1.77. The van der Waals surface area contributed by atoms with Crippen molar-refractivity contribution < 1.29 is 9.90 Å². The summed E-state index contributed by atoms with van der Waals surface area (Å²) in [6, 6.07) is 1.72. The molecule has 0 fully saturated rings. The largest absolute Gasteiger partial charge is 0.478 e. The molecule has 0 unspecified atom stereocenters. The topological polar surface area (TPSA) is 55.1 Å². The predicted octanol–water partition coefficient (Wildman–Crippen LogP) is 3.04. The molecule has 0 aliphatic carbocycles. The van der Waals surface area contributed by atoms with Crippen LogP contribution in [0.3, 0.4) is 0 Å². The van der Waals surface area contributed by atoms with Gasteiger partial charge in [0.2, 0.25) is 0 Å². The van der Waals surface area contributed by atoms with Crippen molar-refractivity contribution in [1.82, 2.24) is 9.55 Å². The number of hydrogen-bond acceptors (Lipinski definition) is 3. The standard InChI is InChI=1S/C13H16N2O2S/c1-8-7-10(11(16)17)9(2)15(8)13(3,4)12-14-5-6-18-12/h5-7H,1-4H3,(H,16,17). The summed E-state index contributed by atoms with van der Waals surface area (Å²) in [5.41, 5.74) is 1.72. The van der Waals surface area contributed by atoms with Gasteiger partial charge in [-0.05, 0) is 33.8 Å². The van der Waals surface area contributed by atoms with Crippen LogP contribution in [0, 0.1) is 13.8 Å². The molecule has 0 radical (unpaired) electrons. The van der Waals surface area contributed by atoms with Crippen LogP contribution >= 0.6 is 11.3 Å². The second-order valence-corrected chi connectivity index (χ2v) is 5.72. The van der Waals surface area contributed by atoms with E-state index < -0.39 is 5.97 Å². The molecule has 4 nitrogen and oxygen atoms in total. The summed E-state index contributed by atoms with van der Waals surface area (Å²) in [6.45, 7) is 7.87. The normalized spacial score (nSPS) is 11.8. The monoisotopic (exact) mass is 264 g/mol. The second kappa shape index (κ2) is 4.24. The Hall–Kier alpha value is -1.62. The fourth-order valence-corrected chi connectivity index (χ4v) is 3.21. The highest BCUT2D eigenvalue weighted by molar-refractivity contribution is 7.09. The molecule has 0 saturated carbocycles. The molecular formula is C13H16N2O2S. The maximum absolute atomic E-state index is 11.2. The Labute approximate surface area is 110 Å². The molecule has 0 atom stereocenters. The zero-order valence-corrected chi connectivity index (χ0v) is 11.7. The molecule has 0 spiro atoms. The summed E-state index contributed by atoms with van der Waals surface area (Å²) in [5, 5.41) is 12.1. The smallest absolute Gasteiger partial charge is 0.337 e. The highest BCUT2D eigenvalue weighted by atomic mass is 32.1. The first kappa shape index (κ1) is 12.8. The van der Waals surface area contributed by atoms with Gasteiger partial charge in [0, 0.05) is 23.0 Å². The van der Waals surface area contributed by atoms with Crippen LogP contribution in [0.25, 0.3) is 0 Å².